The van der Waals surface area contributed by atoms with E-state index in [0.29, 0.717) is 13.1 Å². The van der Waals surface area contributed by atoms with Gasteiger partial charge < -0.3 is 11.1 Å². The Morgan fingerprint density at radius 3 is 2.90 bits per heavy atom. The number of aromatic amines is 1. The molecule has 0 spiro atoms. The van der Waals surface area contributed by atoms with Crippen LogP contribution in [0.5, 0.6) is 0 Å². The maximum absolute atomic E-state index is 11.9. The van der Waals surface area contributed by atoms with Crippen molar-refractivity contribution >= 4 is 22.8 Å². The second-order valence-corrected chi connectivity index (χ2v) is 5.81. The van der Waals surface area contributed by atoms with E-state index in [1.807, 2.05) is 24.4 Å². The van der Waals surface area contributed by atoms with Crippen molar-refractivity contribution in [3.63, 3.8) is 0 Å². The molecule has 2 aromatic rings. The molecule has 0 saturated carbocycles. The van der Waals surface area contributed by atoms with Crippen molar-refractivity contribution in [3.05, 3.63) is 43.2 Å². The number of nitrogens with two attached hydrogens (primary N) is 1. The predicted octanol–water partition coefficient (Wildman–Crippen LogP) is 1.64. The minimum absolute atomic E-state index is 0.211. The molecule has 0 atom stereocenters. The molecule has 6 nitrogen and oxygen atoms in total. The molecule has 0 unspecified atom stereocenters. The quantitative estimate of drug-likeness (QED) is 0.725. The van der Waals surface area contributed by atoms with Gasteiger partial charge in [0, 0.05) is 18.0 Å². The summed E-state index contributed by atoms with van der Waals surface area (Å²) >= 11 is 1.67. The smallest absolute Gasteiger partial charge is 0.330 e. The molecule has 0 aliphatic carbocycles. The minimum atomic E-state index is -0.462. The van der Waals surface area contributed by atoms with Crippen LogP contribution >= 0.6 is 11.3 Å². The van der Waals surface area contributed by atoms with Gasteiger partial charge in [0.05, 0.1) is 0 Å². The lowest BCUT2D eigenvalue weighted by atomic mass is 10.3. The molecule has 2 aromatic heterocycles. The van der Waals surface area contributed by atoms with Crippen molar-refractivity contribution in [2.75, 3.05) is 17.6 Å². The maximum atomic E-state index is 11.9. The summed E-state index contributed by atoms with van der Waals surface area (Å²) < 4.78 is 1.42. The number of nitrogen functional groups attached to an aromatic ring is 1. The molecular weight excluding hydrogens is 288 g/mol. The highest BCUT2D eigenvalue weighted by Crippen LogP contribution is 2.13. The van der Waals surface area contributed by atoms with Crippen LogP contribution in [-0.4, -0.2) is 16.1 Å². The van der Waals surface area contributed by atoms with Gasteiger partial charge in [0.2, 0.25) is 0 Å². The van der Waals surface area contributed by atoms with Crippen LogP contribution < -0.4 is 22.3 Å². The molecular formula is C14H20N4O2S. The number of anilines is 2. The van der Waals surface area contributed by atoms with Gasteiger partial charge in [-0.15, -0.1) is 11.3 Å². The van der Waals surface area contributed by atoms with E-state index in [9.17, 15) is 9.59 Å². The second-order valence-electron chi connectivity index (χ2n) is 4.78. The highest BCUT2D eigenvalue weighted by molar-refractivity contribution is 7.09. The lowest BCUT2D eigenvalue weighted by Gasteiger charge is -2.13. The Hall–Kier alpha value is -2.02. The topological polar surface area (TPSA) is 92.9 Å². The SMILES string of the molecule is CCCCn1c(N)c(NCCc2cccs2)c(=O)[nH]c1=O. The largest absolute Gasteiger partial charge is 0.383 e. The first-order chi connectivity index (χ1) is 10.1. The van der Waals surface area contributed by atoms with Gasteiger partial charge in [0.25, 0.3) is 5.56 Å². The van der Waals surface area contributed by atoms with Gasteiger partial charge in [0.1, 0.15) is 11.5 Å². The highest BCUT2D eigenvalue weighted by atomic mass is 32.1. The van der Waals surface area contributed by atoms with E-state index in [4.69, 9.17) is 5.73 Å². The van der Waals surface area contributed by atoms with Crippen LogP contribution in [0.25, 0.3) is 0 Å². The molecule has 0 radical (unpaired) electrons. The number of nitrogens with zero attached hydrogens (tertiary/aromatic N) is 1. The van der Waals surface area contributed by atoms with Crippen LogP contribution in [0.2, 0.25) is 0 Å². The van der Waals surface area contributed by atoms with Crippen molar-refractivity contribution in [3.8, 4) is 0 Å². The third-order valence-corrected chi connectivity index (χ3v) is 4.16. The number of thiophene rings is 1. The number of H-pyrrole nitrogens is 1. The van der Waals surface area contributed by atoms with E-state index in [1.54, 1.807) is 11.3 Å². The lowest BCUT2D eigenvalue weighted by Crippen LogP contribution is -2.34. The number of hydrogen-bond donors (Lipinski definition) is 3. The molecule has 7 heteroatoms. The van der Waals surface area contributed by atoms with Gasteiger partial charge in [-0.3, -0.25) is 14.3 Å². The van der Waals surface area contributed by atoms with Gasteiger partial charge in [0.15, 0.2) is 0 Å². The van der Waals surface area contributed by atoms with Crippen LogP contribution in [-0.2, 0) is 13.0 Å². The Labute approximate surface area is 126 Å². The second kappa shape index (κ2) is 7.12. The van der Waals surface area contributed by atoms with Gasteiger partial charge in [-0.05, 0) is 24.3 Å². The first-order valence-corrected chi connectivity index (χ1v) is 7.90. The zero-order valence-corrected chi connectivity index (χ0v) is 12.8. The maximum Gasteiger partial charge on any atom is 0.330 e. The van der Waals surface area contributed by atoms with Crippen molar-refractivity contribution in [2.24, 2.45) is 0 Å². The molecule has 4 N–H and O–H groups in total. The molecule has 0 aliphatic heterocycles. The molecule has 0 aliphatic rings. The summed E-state index contributed by atoms with van der Waals surface area (Å²) in [4.78, 5) is 27.2. The average molecular weight is 308 g/mol. The van der Waals surface area contributed by atoms with E-state index >= 15 is 0 Å². The van der Waals surface area contributed by atoms with E-state index in [2.05, 4.69) is 10.3 Å². The van der Waals surface area contributed by atoms with Crippen LogP contribution in [0, 0.1) is 0 Å². The number of aromatic nitrogens is 2. The Bertz CT molecular complexity index is 688. The Morgan fingerprint density at radius 2 is 2.24 bits per heavy atom. The number of rotatable bonds is 7. The minimum Gasteiger partial charge on any atom is -0.383 e. The molecule has 2 heterocycles. The number of nitrogens with one attached hydrogen (secondary N) is 2. The summed E-state index contributed by atoms with van der Waals surface area (Å²) in [7, 11) is 0. The fourth-order valence-electron chi connectivity index (χ4n) is 2.06. The van der Waals surface area contributed by atoms with Gasteiger partial charge in [-0.1, -0.05) is 19.4 Å². The number of unbranched alkanes of at least 4 members (excludes halogenated alkanes) is 1. The zero-order valence-electron chi connectivity index (χ0n) is 12.0. The monoisotopic (exact) mass is 308 g/mol. The first kappa shape index (κ1) is 15.4. The molecule has 2 rings (SSSR count). The van der Waals surface area contributed by atoms with Crippen molar-refractivity contribution < 1.29 is 0 Å². The average Bonchev–Trinajstić information content (AvgIpc) is 2.95. The van der Waals surface area contributed by atoms with Gasteiger partial charge in [-0.25, -0.2) is 4.79 Å². The fourth-order valence-corrected chi connectivity index (χ4v) is 2.77. The van der Waals surface area contributed by atoms with E-state index in [-0.39, 0.29) is 11.5 Å². The molecule has 0 bridgehead atoms. The lowest BCUT2D eigenvalue weighted by molar-refractivity contribution is 0.605. The summed E-state index contributed by atoms with van der Waals surface area (Å²) in [6.45, 7) is 3.14. The van der Waals surface area contributed by atoms with Crippen LogP contribution in [0.3, 0.4) is 0 Å². The van der Waals surface area contributed by atoms with Crippen LogP contribution in [0.4, 0.5) is 11.5 Å². The third kappa shape index (κ3) is 3.75. The zero-order chi connectivity index (χ0) is 15.2. The van der Waals surface area contributed by atoms with Gasteiger partial charge >= 0.3 is 5.69 Å². The molecule has 0 aromatic carbocycles. The summed E-state index contributed by atoms with van der Waals surface area (Å²) in [6.07, 6.45) is 2.60. The fraction of sp³-hybridized carbons (Fsp3) is 0.429. The predicted molar refractivity (Wildman–Crippen MR) is 87.2 cm³/mol. The summed E-state index contributed by atoms with van der Waals surface area (Å²) in [5.74, 6) is 0.211. The molecule has 0 saturated heterocycles. The van der Waals surface area contributed by atoms with E-state index < -0.39 is 11.2 Å². The molecule has 114 valence electrons. The van der Waals surface area contributed by atoms with Crippen LogP contribution in [0.1, 0.15) is 24.6 Å². The molecule has 0 fully saturated rings. The summed E-state index contributed by atoms with van der Waals surface area (Å²) in [6, 6.07) is 4.04. The van der Waals surface area contributed by atoms with Gasteiger partial charge in [-0.2, -0.15) is 0 Å². The number of hydrogen-bond acceptors (Lipinski definition) is 5. The molecule has 21 heavy (non-hydrogen) atoms. The third-order valence-electron chi connectivity index (χ3n) is 3.23. The Balaban J connectivity index is 2.14. The van der Waals surface area contributed by atoms with Crippen molar-refractivity contribution in [1.82, 2.24) is 9.55 Å². The summed E-state index contributed by atoms with van der Waals surface area (Å²) in [5.41, 5.74) is 5.34. The van der Waals surface area contributed by atoms with Crippen molar-refractivity contribution in [2.45, 2.75) is 32.7 Å². The van der Waals surface area contributed by atoms with E-state index in [0.717, 1.165) is 19.3 Å². The Kier molecular flexibility index (Phi) is 5.21. The Morgan fingerprint density at radius 1 is 1.43 bits per heavy atom. The summed E-state index contributed by atoms with van der Waals surface area (Å²) in [5, 5.41) is 5.06. The first-order valence-electron chi connectivity index (χ1n) is 7.02. The van der Waals surface area contributed by atoms with E-state index in [1.165, 1.54) is 9.44 Å². The van der Waals surface area contributed by atoms with Crippen LogP contribution in [0.15, 0.2) is 27.1 Å². The standard InChI is InChI=1S/C14H20N4O2S/c1-2-3-8-18-12(15)11(13(19)17-14(18)20)16-7-6-10-5-4-9-21-10/h4-5,9,16H,2-3,6-8,15H2,1H3,(H,17,19,20). The van der Waals surface area contributed by atoms with Crippen molar-refractivity contribution in [1.29, 1.82) is 0 Å². The normalized spacial score (nSPS) is 10.7. The molecule has 0 amide bonds. The highest BCUT2D eigenvalue weighted by Gasteiger charge is 2.11.